The van der Waals surface area contributed by atoms with E-state index in [1.165, 1.54) is 22.3 Å². The van der Waals surface area contributed by atoms with Gasteiger partial charge in [0.05, 0.1) is 4.90 Å². The first-order chi connectivity index (χ1) is 15.5. The van der Waals surface area contributed by atoms with Gasteiger partial charge in [0.1, 0.15) is 0 Å². The fourth-order valence-electron chi connectivity index (χ4n) is 4.77. The lowest BCUT2D eigenvalue weighted by Crippen LogP contribution is -2.26. The number of nitrogens with zero attached hydrogens (tertiary/aromatic N) is 2. The van der Waals surface area contributed by atoms with E-state index in [-0.39, 0.29) is 22.1 Å². The topological polar surface area (TPSA) is 86.1 Å². The fraction of sp³-hybridized carbons (Fsp3) is 0.0800. The summed E-state index contributed by atoms with van der Waals surface area (Å²) in [5.41, 5.74) is 2.74. The Hall–Kier alpha value is -3.84. The van der Waals surface area contributed by atoms with Crippen LogP contribution in [-0.4, -0.2) is 28.9 Å². The highest BCUT2D eigenvalue weighted by Crippen LogP contribution is 2.44. The SMILES string of the molecule is O=C1C2=C(C(=O)c3ccccc31)c1c(n(S(=O)(=O)c3ccccc3)c3ncccc13)CC2. The van der Waals surface area contributed by atoms with Gasteiger partial charge in [-0.05, 0) is 37.1 Å². The lowest BCUT2D eigenvalue weighted by Gasteiger charge is -2.26. The molecule has 0 amide bonds. The second kappa shape index (κ2) is 6.58. The fourth-order valence-corrected chi connectivity index (χ4v) is 6.33. The van der Waals surface area contributed by atoms with E-state index in [4.69, 9.17) is 0 Å². The molecular formula is C25H16N2O4S. The molecular weight excluding hydrogens is 424 g/mol. The van der Waals surface area contributed by atoms with Gasteiger partial charge in [-0.1, -0.05) is 42.5 Å². The zero-order valence-corrected chi connectivity index (χ0v) is 17.6. The maximum atomic E-state index is 13.6. The number of benzene rings is 2. The maximum absolute atomic E-state index is 13.6. The van der Waals surface area contributed by atoms with Crippen molar-refractivity contribution in [2.75, 3.05) is 0 Å². The van der Waals surface area contributed by atoms with Crippen LogP contribution in [0.25, 0.3) is 16.6 Å². The van der Waals surface area contributed by atoms with Gasteiger partial charge in [0, 0.05) is 45.1 Å². The normalized spacial score (nSPS) is 15.5. The molecule has 0 atom stereocenters. The molecule has 0 unspecified atom stereocenters. The van der Waals surface area contributed by atoms with Crippen LogP contribution in [0.3, 0.4) is 0 Å². The van der Waals surface area contributed by atoms with Gasteiger partial charge < -0.3 is 0 Å². The number of rotatable bonds is 2. The highest BCUT2D eigenvalue weighted by Gasteiger charge is 2.40. The molecule has 0 aliphatic heterocycles. The average molecular weight is 440 g/mol. The molecule has 32 heavy (non-hydrogen) atoms. The van der Waals surface area contributed by atoms with E-state index in [0.717, 1.165) is 0 Å². The second-order valence-electron chi connectivity index (χ2n) is 7.84. The number of allylic oxidation sites excluding steroid dienone is 2. The third-order valence-corrected chi connectivity index (χ3v) is 7.89. The average Bonchev–Trinajstić information content (AvgIpc) is 3.18. The van der Waals surface area contributed by atoms with Crippen molar-refractivity contribution in [2.24, 2.45) is 0 Å². The Labute approximate surface area is 183 Å². The first-order valence-corrected chi connectivity index (χ1v) is 11.6. The third kappa shape index (κ3) is 2.39. The predicted molar refractivity (Wildman–Crippen MR) is 119 cm³/mol. The van der Waals surface area contributed by atoms with E-state index >= 15 is 0 Å². The molecule has 0 N–H and O–H groups in total. The Kier molecular flexibility index (Phi) is 3.88. The number of Topliss-reactive ketones (excluding diaryl/α,β-unsaturated/α-hetero) is 2. The summed E-state index contributed by atoms with van der Waals surface area (Å²) in [7, 11) is -3.96. The minimum atomic E-state index is -3.96. The molecule has 6 nitrogen and oxygen atoms in total. The number of fused-ring (bicyclic) bond motifs is 5. The molecule has 2 heterocycles. The van der Waals surface area contributed by atoms with Crippen LogP contribution in [0.4, 0.5) is 0 Å². The number of hydrogen-bond acceptors (Lipinski definition) is 5. The number of pyridine rings is 1. The van der Waals surface area contributed by atoms with Gasteiger partial charge in [0.15, 0.2) is 17.2 Å². The van der Waals surface area contributed by atoms with Crippen molar-refractivity contribution >= 4 is 38.2 Å². The molecule has 2 aliphatic carbocycles. The molecule has 0 fully saturated rings. The molecule has 4 aromatic rings. The quantitative estimate of drug-likeness (QED) is 0.469. The largest absolute Gasteiger partial charge is 0.289 e. The summed E-state index contributed by atoms with van der Waals surface area (Å²) in [6.45, 7) is 0. The number of ketones is 2. The van der Waals surface area contributed by atoms with Crippen LogP contribution in [-0.2, 0) is 16.4 Å². The second-order valence-corrected chi connectivity index (χ2v) is 9.62. The van der Waals surface area contributed by atoms with Gasteiger partial charge in [-0.2, -0.15) is 0 Å². The zero-order valence-electron chi connectivity index (χ0n) is 16.8. The minimum Gasteiger partial charge on any atom is -0.289 e. The lowest BCUT2D eigenvalue weighted by molar-refractivity contribution is 0.0988. The Morgan fingerprint density at radius 2 is 1.47 bits per heavy atom. The maximum Gasteiger partial charge on any atom is 0.269 e. The Balaban J connectivity index is 1.70. The molecule has 0 bridgehead atoms. The molecule has 0 saturated heterocycles. The monoisotopic (exact) mass is 440 g/mol. The highest BCUT2D eigenvalue weighted by atomic mass is 32.2. The van der Waals surface area contributed by atoms with Gasteiger partial charge in [-0.25, -0.2) is 17.4 Å². The van der Waals surface area contributed by atoms with Gasteiger partial charge in [0.25, 0.3) is 10.0 Å². The van der Waals surface area contributed by atoms with Crippen LogP contribution in [0.2, 0.25) is 0 Å². The van der Waals surface area contributed by atoms with E-state index in [9.17, 15) is 18.0 Å². The minimum absolute atomic E-state index is 0.140. The zero-order chi connectivity index (χ0) is 22.0. The molecule has 0 spiro atoms. The van der Waals surface area contributed by atoms with Gasteiger partial charge >= 0.3 is 0 Å². The van der Waals surface area contributed by atoms with Crippen molar-refractivity contribution in [3.63, 3.8) is 0 Å². The summed E-state index contributed by atoms with van der Waals surface area (Å²) in [5, 5.41) is 0.551. The van der Waals surface area contributed by atoms with Gasteiger partial charge in [-0.3, -0.25) is 9.59 Å². The molecule has 2 aliphatic rings. The molecule has 0 saturated carbocycles. The van der Waals surface area contributed by atoms with Crippen LogP contribution in [0, 0.1) is 0 Å². The predicted octanol–water partition coefficient (Wildman–Crippen LogP) is 4.05. The van der Waals surface area contributed by atoms with Crippen molar-refractivity contribution < 1.29 is 18.0 Å². The van der Waals surface area contributed by atoms with E-state index in [2.05, 4.69) is 4.98 Å². The number of carbonyl (C=O) groups excluding carboxylic acids is 2. The van der Waals surface area contributed by atoms with E-state index in [1.807, 2.05) is 0 Å². The summed E-state index contributed by atoms with van der Waals surface area (Å²) in [4.78, 5) is 31.3. The van der Waals surface area contributed by atoms with Crippen LogP contribution in [0.15, 0.2) is 83.4 Å². The third-order valence-electron chi connectivity index (χ3n) is 6.14. The smallest absolute Gasteiger partial charge is 0.269 e. The molecule has 6 rings (SSSR count). The Bertz CT molecular complexity index is 1610. The highest BCUT2D eigenvalue weighted by molar-refractivity contribution is 7.90. The van der Waals surface area contributed by atoms with E-state index < -0.39 is 10.0 Å². The summed E-state index contributed by atoms with van der Waals surface area (Å²) >= 11 is 0. The number of carbonyl (C=O) groups is 2. The van der Waals surface area contributed by atoms with Crippen LogP contribution in [0.5, 0.6) is 0 Å². The van der Waals surface area contributed by atoms with Crippen LogP contribution in [0.1, 0.15) is 38.4 Å². The van der Waals surface area contributed by atoms with Gasteiger partial charge in [0.2, 0.25) is 0 Å². The molecule has 0 radical (unpaired) electrons. The lowest BCUT2D eigenvalue weighted by atomic mass is 9.76. The van der Waals surface area contributed by atoms with Crippen molar-refractivity contribution in [1.82, 2.24) is 8.96 Å². The Morgan fingerprint density at radius 1 is 0.781 bits per heavy atom. The van der Waals surface area contributed by atoms with Crippen molar-refractivity contribution in [1.29, 1.82) is 0 Å². The first-order valence-electron chi connectivity index (χ1n) is 10.2. The van der Waals surface area contributed by atoms with Crippen LogP contribution < -0.4 is 0 Å². The Morgan fingerprint density at radius 3 is 2.22 bits per heavy atom. The molecule has 7 heteroatoms. The molecule has 2 aromatic carbocycles. The summed E-state index contributed by atoms with van der Waals surface area (Å²) in [6.07, 6.45) is 2.14. The summed E-state index contributed by atoms with van der Waals surface area (Å²) < 4.78 is 28.5. The number of aromatic nitrogens is 2. The number of hydrogen-bond donors (Lipinski definition) is 0. The molecule has 2 aromatic heterocycles. The van der Waals surface area contributed by atoms with E-state index in [1.54, 1.807) is 54.6 Å². The standard InChI is InChI=1S/C25H16N2O4S/c28-23-16-9-4-5-10-17(16)24(29)22-18(23)12-13-20-21(22)19-11-6-14-26-25(19)27(20)32(30,31)15-7-2-1-3-8-15/h1-11,14H,12-13H2. The van der Waals surface area contributed by atoms with Crippen molar-refractivity contribution in [2.45, 2.75) is 17.7 Å². The van der Waals surface area contributed by atoms with Crippen molar-refractivity contribution in [3.05, 3.63) is 101 Å². The van der Waals surface area contributed by atoms with Crippen molar-refractivity contribution in [3.8, 4) is 0 Å². The first kappa shape index (κ1) is 18.9. The van der Waals surface area contributed by atoms with Gasteiger partial charge in [-0.15, -0.1) is 0 Å². The molecule has 156 valence electrons. The summed E-state index contributed by atoms with van der Waals surface area (Å²) in [5.74, 6) is -0.423. The van der Waals surface area contributed by atoms with E-state index in [0.29, 0.717) is 51.8 Å². The van der Waals surface area contributed by atoms with Crippen LogP contribution >= 0.6 is 0 Å². The summed E-state index contributed by atoms with van der Waals surface area (Å²) in [6, 6.07) is 18.4.